The molecule has 0 aromatic heterocycles. The van der Waals surface area contributed by atoms with Crippen molar-refractivity contribution >= 4 is 5.78 Å². The lowest BCUT2D eigenvalue weighted by atomic mass is 9.73. The monoisotopic (exact) mass is 205 g/mol. The Labute approximate surface area is 91.1 Å². The number of ketones is 1. The van der Waals surface area contributed by atoms with E-state index >= 15 is 0 Å². The van der Waals surface area contributed by atoms with Crippen LogP contribution in [0.3, 0.4) is 0 Å². The second-order valence-corrected chi connectivity index (χ2v) is 5.17. The van der Waals surface area contributed by atoms with E-state index in [1.165, 1.54) is 32.1 Å². The number of rotatable bonds is 0. The Morgan fingerprint density at radius 3 is 2.93 bits per heavy atom. The van der Waals surface area contributed by atoms with Crippen LogP contribution >= 0.6 is 0 Å². The van der Waals surface area contributed by atoms with Gasteiger partial charge in [-0.05, 0) is 32.1 Å². The van der Waals surface area contributed by atoms with Crippen molar-refractivity contribution in [2.24, 2.45) is 5.92 Å². The molecule has 1 saturated carbocycles. The molecule has 3 aliphatic rings. The summed E-state index contributed by atoms with van der Waals surface area (Å²) in [7, 11) is 0. The summed E-state index contributed by atoms with van der Waals surface area (Å²) in [5, 5.41) is 3.70. The lowest BCUT2D eigenvalue weighted by Crippen LogP contribution is -2.55. The van der Waals surface area contributed by atoms with Crippen molar-refractivity contribution < 1.29 is 4.79 Å². The number of fused-ring (bicyclic) bond motifs is 2. The van der Waals surface area contributed by atoms with Gasteiger partial charge in [0.05, 0.1) is 0 Å². The highest BCUT2D eigenvalue weighted by molar-refractivity contribution is 5.99. The molecule has 1 saturated heterocycles. The van der Waals surface area contributed by atoms with Crippen LogP contribution in [-0.2, 0) is 4.79 Å². The zero-order valence-electron chi connectivity index (χ0n) is 9.17. The molecule has 0 spiro atoms. The first-order valence-electron chi connectivity index (χ1n) is 6.36. The Kier molecular flexibility index (Phi) is 2.39. The van der Waals surface area contributed by atoms with E-state index in [2.05, 4.69) is 11.4 Å². The van der Waals surface area contributed by atoms with Gasteiger partial charge in [0.1, 0.15) is 0 Å². The molecule has 82 valence electrons. The fraction of sp³-hybridized carbons (Fsp3) is 0.769. The second-order valence-electron chi connectivity index (χ2n) is 5.17. The van der Waals surface area contributed by atoms with Crippen molar-refractivity contribution in [3.63, 3.8) is 0 Å². The predicted molar refractivity (Wildman–Crippen MR) is 59.6 cm³/mol. The molecule has 2 heteroatoms. The molecule has 0 aromatic carbocycles. The van der Waals surface area contributed by atoms with E-state index in [0.29, 0.717) is 23.8 Å². The molecular weight excluding hydrogens is 186 g/mol. The van der Waals surface area contributed by atoms with Crippen molar-refractivity contribution in [1.29, 1.82) is 0 Å². The summed E-state index contributed by atoms with van der Waals surface area (Å²) in [5.41, 5.74) is 1.12. The molecule has 2 nitrogen and oxygen atoms in total. The third kappa shape index (κ3) is 1.55. The summed E-state index contributed by atoms with van der Waals surface area (Å²) in [6.07, 6.45) is 10.6. The zero-order chi connectivity index (χ0) is 10.3. The van der Waals surface area contributed by atoms with Gasteiger partial charge in [-0.25, -0.2) is 0 Å². The Morgan fingerprint density at radius 1 is 1.13 bits per heavy atom. The highest BCUT2D eigenvalue weighted by atomic mass is 16.1. The summed E-state index contributed by atoms with van der Waals surface area (Å²) in [6.45, 7) is 0. The number of nitrogens with one attached hydrogen (secondary N) is 1. The third-order valence-corrected chi connectivity index (χ3v) is 4.24. The van der Waals surface area contributed by atoms with Crippen molar-refractivity contribution in [2.75, 3.05) is 0 Å². The molecule has 1 N–H and O–H groups in total. The van der Waals surface area contributed by atoms with Gasteiger partial charge in [-0.1, -0.05) is 18.9 Å². The number of allylic oxidation sites excluding steroid dienone is 1. The van der Waals surface area contributed by atoms with E-state index in [0.717, 1.165) is 18.4 Å². The van der Waals surface area contributed by atoms with Crippen LogP contribution in [0, 0.1) is 5.92 Å². The summed E-state index contributed by atoms with van der Waals surface area (Å²) >= 11 is 0. The molecule has 0 amide bonds. The van der Waals surface area contributed by atoms with Crippen LogP contribution in [-0.4, -0.2) is 17.9 Å². The molecule has 2 aliphatic carbocycles. The Morgan fingerprint density at radius 2 is 2.00 bits per heavy atom. The Bertz CT molecular complexity index is 308. The maximum atomic E-state index is 12.3. The Hall–Kier alpha value is -0.630. The summed E-state index contributed by atoms with van der Waals surface area (Å²) < 4.78 is 0. The van der Waals surface area contributed by atoms with Gasteiger partial charge in [0.25, 0.3) is 0 Å². The van der Waals surface area contributed by atoms with Gasteiger partial charge in [0.15, 0.2) is 5.78 Å². The molecule has 0 aromatic rings. The number of carbonyl (C=O) groups excluding carboxylic acids is 1. The van der Waals surface area contributed by atoms with Crippen LogP contribution in [0.15, 0.2) is 11.6 Å². The zero-order valence-corrected chi connectivity index (χ0v) is 9.17. The summed E-state index contributed by atoms with van der Waals surface area (Å²) in [4.78, 5) is 12.3. The van der Waals surface area contributed by atoms with Gasteiger partial charge < -0.3 is 5.32 Å². The molecule has 0 bridgehead atoms. The van der Waals surface area contributed by atoms with Gasteiger partial charge in [-0.3, -0.25) is 4.79 Å². The number of carbonyl (C=O) groups is 1. The largest absolute Gasteiger partial charge is 0.306 e. The van der Waals surface area contributed by atoms with Crippen molar-refractivity contribution in [1.82, 2.24) is 5.32 Å². The van der Waals surface area contributed by atoms with Crippen molar-refractivity contribution in [3.8, 4) is 0 Å². The van der Waals surface area contributed by atoms with Crippen molar-refractivity contribution in [2.45, 2.75) is 57.0 Å². The fourth-order valence-corrected chi connectivity index (χ4v) is 3.44. The van der Waals surface area contributed by atoms with E-state index in [1.807, 2.05) is 0 Å². The smallest absolute Gasteiger partial charge is 0.164 e. The fourth-order valence-electron chi connectivity index (χ4n) is 3.44. The van der Waals surface area contributed by atoms with Crippen molar-refractivity contribution in [3.05, 3.63) is 11.6 Å². The molecular formula is C13H19NO. The van der Waals surface area contributed by atoms with Crippen LogP contribution in [0.25, 0.3) is 0 Å². The van der Waals surface area contributed by atoms with Crippen LogP contribution in [0.4, 0.5) is 0 Å². The first-order valence-corrected chi connectivity index (χ1v) is 6.36. The van der Waals surface area contributed by atoms with E-state index in [9.17, 15) is 4.79 Å². The summed E-state index contributed by atoms with van der Waals surface area (Å²) in [5.74, 6) is 0.780. The number of hydrogen-bond acceptors (Lipinski definition) is 2. The lowest BCUT2D eigenvalue weighted by Gasteiger charge is -2.42. The SMILES string of the molecule is O=C1C2=CCCCC2NC2CCCCC12. The predicted octanol–water partition coefficient (Wildman–Crippen LogP) is 2.20. The maximum Gasteiger partial charge on any atom is 0.164 e. The summed E-state index contributed by atoms with van der Waals surface area (Å²) in [6, 6.07) is 0.886. The average Bonchev–Trinajstić information content (AvgIpc) is 2.30. The van der Waals surface area contributed by atoms with Crippen LogP contribution < -0.4 is 5.32 Å². The molecule has 3 rings (SSSR count). The van der Waals surface area contributed by atoms with E-state index in [4.69, 9.17) is 0 Å². The van der Waals surface area contributed by atoms with Gasteiger partial charge in [0, 0.05) is 23.6 Å². The minimum atomic E-state index is 0.305. The first-order chi connectivity index (χ1) is 7.36. The van der Waals surface area contributed by atoms with E-state index in [-0.39, 0.29) is 0 Å². The maximum absolute atomic E-state index is 12.3. The highest BCUT2D eigenvalue weighted by Crippen LogP contribution is 2.35. The molecule has 0 radical (unpaired) electrons. The number of piperidine rings is 1. The van der Waals surface area contributed by atoms with E-state index in [1.54, 1.807) is 0 Å². The first kappa shape index (κ1) is 9.59. The van der Waals surface area contributed by atoms with Crippen LogP contribution in [0.5, 0.6) is 0 Å². The molecule has 1 heterocycles. The minimum Gasteiger partial charge on any atom is -0.306 e. The Balaban J connectivity index is 1.87. The van der Waals surface area contributed by atoms with Gasteiger partial charge in [0.2, 0.25) is 0 Å². The molecule has 3 atom stereocenters. The molecule has 2 fully saturated rings. The van der Waals surface area contributed by atoms with Gasteiger partial charge >= 0.3 is 0 Å². The standard InChI is InChI=1S/C13H19NO/c15-13-9-5-1-3-7-11(9)14-12-8-4-2-6-10(12)13/h5,10-12,14H,1-4,6-8H2. The lowest BCUT2D eigenvalue weighted by molar-refractivity contribution is -0.123. The molecule has 1 aliphatic heterocycles. The normalized spacial score (nSPS) is 40.4. The number of hydrogen-bond donors (Lipinski definition) is 1. The molecule has 3 unspecified atom stereocenters. The molecule has 15 heavy (non-hydrogen) atoms. The van der Waals surface area contributed by atoms with Gasteiger partial charge in [-0.15, -0.1) is 0 Å². The minimum absolute atomic E-state index is 0.305. The second kappa shape index (κ2) is 3.75. The van der Waals surface area contributed by atoms with Gasteiger partial charge in [-0.2, -0.15) is 0 Å². The highest BCUT2D eigenvalue weighted by Gasteiger charge is 2.40. The van der Waals surface area contributed by atoms with Crippen LogP contribution in [0.2, 0.25) is 0 Å². The topological polar surface area (TPSA) is 29.1 Å². The van der Waals surface area contributed by atoms with E-state index < -0.39 is 0 Å². The number of Topliss-reactive ketones (excluding diaryl/α,β-unsaturated/α-hetero) is 1. The quantitative estimate of drug-likeness (QED) is 0.657. The average molecular weight is 205 g/mol. The third-order valence-electron chi connectivity index (χ3n) is 4.24. The van der Waals surface area contributed by atoms with Crippen LogP contribution in [0.1, 0.15) is 44.9 Å².